The highest BCUT2D eigenvalue weighted by atomic mass is 15.3. The number of piperidine rings is 1. The summed E-state index contributed by atoms with van der Waals surface area (Å²) >= 11 is 0. The molecule has 4 rings (SSSR count). The second kappa shape index (κ2) is 5.40. The zero-order chi connectivity index (χ0) is 14.4. The van der Waals surface area contributed by atoms with Crippen molar-refractivity contribution in [1.29, 1.82) is 0 Å². The van der Waals surface area contributed by atoms with E-state index < -0.39 is 0 Å². The molecule has 4 nitrogen and oxygen atoms in total. The van der Waals surface area contributed by atoms with Gasteiger partial charge in [-0.25, -0.2) is 0 Å². The minimum atomic E-state index is 0.621. The van der Waals surface area contributed by atoms with Gasteiger partial charge in [0.15, 0.2) is 0 Å². The van der Waals surface area contributed by atoms with Crippen molar-refractivity contribution < 1.29 is 0 Å². The summed E-state index contributed by atoms with van der Waals surface area (Å²) in [6.45, 7) is 3.31. The van der Waals surface area contributed by atoms with Crippen LogP contribution in [-0.4, -0.2) is 41.4 Å². The van der Waals surface area contributed by atoms with Crippen LogP contribution in [0.3, 0.4) is 0 Å². The first-order valence-corrected chi connectivity index (χ1v) is 8.72. The average Bonchev–Trinajstić information content (AvgIpc) is 3.20. The Labute approximate surface area is 127 Å². The van der Waals surface area contributed by atoms with Gasteiger partial charge in [-0.2, -0.15) is 5.10 Å². The lowest BCUT2D eigenvalue weighted by atomic mass is 9.80. The Kier molecular flexibility index (Phi) is 3.54. The lowest BCUT2D eigenvalue weighted by Crippen LogP contribution is -2.32. The molecule has 21 heavy (non-hydrogen) atoms. The minimum absolute atomic E-state index is 0.621. The molecule has 0 aromatic carbocycles. The van der Waals surface area contributed by atoms with Gasteiger partial charge in [-0.15, -0.1) is 0 Å². The molecule has 0 amide bonds. The molecule has 1 aromatic heterocycles. The second-order valence-electron chi connectivity index (χ2n) is 7.53. The summed E-state index contributed by atoms with van der Waals surface area (Å²) in [5.41, 5.74) is 8.79. The van der Waals surface area contributed by atoms with Crippen LogP contribution in [-0.2, 0) is 0 Å². The molecule has 2 heterocycles. The molecular formula is C17H28N4. The van der Waals surface area contributed by atoms with Crippen LogP contribution in [0.2, 0.25) is 0 Å². The monoisotopic (exact) mass is 288 g/mol. The molecule has 0 spiro atoms. The Bertz CT molecular complexity index is 491. The number of aromatic nitrogens is 2. The molecule has 0 bridgehead atoms. The van der Waals surface area contributed by atoms with E-state index in [1.807, 2.05) is 0 Å². The predicted octanol–water partition coefficient (Wildman–Crippen LogP) is 2.48. The van der Waals surface area contributed by atoms with Crippen molar-refractivity contribution in [2.45, 2.75) is 56.4 Å². The largest absolute Gasteiger partial charge is 0.330 e. The maximum absolute atomic E-state index is 5.76. The van der Waals surface area contributed by atoms with Crippen molar-refractivity contribution in [3.05, 3.63) is 17.5 Å². The second-order valence-corrected chi connectivity index (χ2v) is 7.53. The first-order chi connectivity index (χ1) is 10.2. The fourth-order valence-corrected chi connectivity index (χ4v) is 4.02. The van der Waals surface area contributed by atoms with E-state index in [0.29, 0.717) is 6.04 Å². The maximum atomic E-state index is 5.76. The third kappa shape index (κ3) is 2.64. The van der Waals surface area contributed by atoms with Crippen molar-refractivity contribution in [2.24, 2.45) is 11.7 Å². The van der Waals surface area contributed by atoms with Crippen LogP contribution in [0.5, 0.6) is 0 Å². The highest BCUT2D eigenvalue weighted by Crippen LogP contribution is 2.46. The summed E-state index contributed by atoms with van der Waals surface area (Å²) in [6.07, 6.45) is 10.2. The average molecular weight is 288 g/mol. The molecule has 2 saturated carbocycles. The van der Waals surface area contributed by atoms with Gasteiger partial charge in [0.2, 0.25) is 0 Å². The van der Waals surface area contributed by atoms with E-state index in [-0.39, 0.29) is 0 Å². The van der Waals surface area contributed by atoms with Gasteiger partial charge in [0.05, 0.1) is 11.7 Å². The summed E-state index contributed by atoms with van der Waals surface area (Å²) in [6, 6.07) is 0.621. The first kappa shape index (κ1) is 13.8. The Hall–Kier alpha value is -0.870. The van der Waals surface area contributed by atoms with Gasteiger partial charge in [0.1, 0.15) is 0 Å². The Balaban J connectivity index is 1.53. The molecule has 2 aliphatic carbocycles. The first-order valence-electron chi connectivity index (χ1n) is 8.72. The highest BCUT2D eigenvalue weighted by molar-refractivity contribution is 5.29. The lowest BCUT2D eigenvalue weighted by Gasteiger charge is -2.34. The number of hydrogen-bond donors (Lipinski definition) is 1. The topological polar surface area (TPSA) is 47.1 Å². The lowest BCUT2D eigenvalue weighted by molar-refractivity contribution is 0.189. The predicted molar refractivity (Wildman–Crippen MR) is 84.5 cm³/mol. The molecule has 1 aromatic rings. The van der Waals surface area contributed by atoms with Crippen LogP contribution in [0, 0.1) is 5.92 Å². The summed E-state index contributed by atoms with van der Waals surface area (Å²) < 4.78 is 2.30. The molecule has 0 unspecified atom stereocenters. The molecule has 1 aliphatic heterocycles. The number of nitrogens with two attached hydrogens (primary N) is 1. The Morgan fingerprint density at radius 3 is 2.48 bits per heavy atom. The molecule has 2 N–H and O–H groups in total. The van der Waals surface area contributed by atoms with Crippen molar-refractivity contribution in [3.63, 3.8) is 0 Å². The number of rotatable bonds is 4. The fourth-order valence-electron chi connectivity index (χ4n) is 4.02. The summed E-state index contributed by atoms with van der Waals surface area (Å²) in [7, 11) is 2.24. The van der Waals surface area contributed by atoms with Crippen LogP contribution >= 0.6 is 0 Å². The van der Waals surface area contributed by atoms with E-state index in [4.69, 9.17) is 10.8 Å². The molecule has 3 fully saturated rings. The molecular weight excluding hydrogens is 260 g/mol. The van der Waals surface area contributed by atoms with Crippen LogP contribution in [0.1, 0.15) is 67.7 Å². The molecule has 0 radical (unpaired) electrons. The SMILES string of the molecule is CN1CCC(c2cn(C3CC(CN)C3)nc2C2CC2)CC1. The molecule has 0 atom stereocenters. The van der Waals surface area contributed by atoms with Crippen LogP contribution in [0.15, 0.2) is 6.20 Å². The van der Waals surface area contributed by atoms with Gasteiger partial charge in [-0.05, 0) is 82.6 Å². The quantitative estimate of drug-likeness (QED) is 0.926. The summed E-state index contributed by atoms with van der Waals surface area (Å²) in [4.78, 5) is 2.45. The van der Waals surface area contributed by atoms with Crippen molar-refractivity contribution in [3.8, 4) is 0 Å². The van der Waals surface area contributed by atoms with E-state index in [0.717, 1.165) is 24.3 Å². The third-order valence-corrected chi connectivity index (χ3v) is 5.83. The fraction of sp³-hybridized carbons (Fsp3) is 0.824. The van der Waals surface area contributed by atoms with Gasteiger partial charge in [0.25, 0.3) is 0 Å². The van der Waals surface area contributed by atoms with Crippen LogP contribution in [0.25, 0.3) is 0 Å². The van der Waals surface area contributed by atoms with E-state index in [9.17, 15) is 0 Å². The van der Waals surface area contributed by atoms with Gasteiger partial charge in [-0.1, -0.05) is 0 Å². The molecule has 3 aliphatic rings. The van der Waals surface area contributed by atoms with E-state index in [1.54, 1.807) is 5.56 Å². The molecule has 116 valence electrons. The van der Waals surface area contributed by atoms with Crippen LogP contribution in [0.4, 0.5) is 0 Å². The normalized spacial score (nSPS) is 31.3. The zero-order valence-corrected chi connectivity index (χ0v) is 13.2. The van der Waals surface area contributed by atoms with Gasteiger partial charge < -0.3 is 10.6 Å². The summed E-state index contributed by atoms with van der Waals surface area (Å²) in [5, 5.41) is 5.02. The maximum Gasteiger partial charge on any atom is 0.0690 e. The third-order valence-electron chi connectivity index (χ3n) is 5.83. The van der Waals surface area contributed by atoms with Crippen molar-refractivity contribution in [2.75, 3.05) is 26.7 Å². The van der Waals surface area contributed by atoms with E-state index in [1.165, 1.54) is 57.3 Å². The smallest absolute Gasteiger partial charge is 0.0690 e. The van der Waals surface area contributed by atoms with Gasteiger partial charge in [-0.3, -0.25) is 4.68 Å². The number of hydrogen-bond acceptors (Lipinski definition) is 3. The Morgan fingerprint density at radius 1 is 1.14 bits per heavy atom. The van der Waals surface area contributed by atoms with Crippen LogP contribution < -0.4 is 5.73 Å². The van der Waals surface area contributed by atoms with Gasteiger partial charge in [0, 0.05) is 12.1 Å². The highest BCUT2D eigenvalue weighted by Gasteiger charge is 2.36. The van der Waals surface area contributed by atoms with Crippen molar-refractivity contribution in [1.82, 2.24) is 14.7 Å². The van der Waals surface area contributed by atoms with E-state index in [2.05, 4.69) is 22.8 Å². The Morgan fingerprint density at radius 2 is 1.86 bits per heavy atom. The summed E-state index contributed by atoms with van der Waals surface area (Å²) in [5.74, 6) is 2.25. The molecule has 4 heteroatoms. The number of nitrogens with zero attached hydrogens (tertiary/aromatic N) is 3. The van der Waals surface area contributed by atoms with E-state index >= 15 is 0 Å². The van der Waals surface area contributed by atoms with Crippen molar-refractivity contribution >= 4 is 0 Å². The molecule has 1 saturated heterocycles. The van der Waals surface area contributed by atoms with Gasteiger partial charge >= 0.3 is 0 Å². The number of likely N-dealkylation sites (tertiary alicyclic amines) is 1. The zero-order valence-electron chi connectivity index (χ0n) is 13.2. The standard InChI is InChI=1S/C17H28N4/c1-20-6-4-13(5-7-20)16-11-21(15-8-12(9-15)10-18)19-17(16)14-2-3-14/h11-15H,2-10,18H2,1H3. The minimum Gasteiger partial charge on any atom is -0.330 e.